The van der Waals surface area contributed by atoms with Gasteiger partial charge in [-0.3, -0.25) is 14.7 Å². The molecule has 2 rings (SSSR count). The number of rotatable bonds is 3. The minimum absolute atomic E-state index is 0.0267. The first-order valence-electron chi connectivity index (χ1n) is 5.20. The standard InChI is InChI=1S/C12H12N2O3/c15-10(9-4-2-1-3-5-9)8-14-12(17)7-6-11(16)13-14/h1-7,10,15H,8H2,(H,13,16). The minimum Gasteiger partial charge on any atom is -0.386 e. The van der Waals surface area contributed by atoms with E-state index in [0.717, 1.165) is 10.7 Å². The van der Waals surface area contributed by atoms with Crippen LogP contribution in [0.1, 0.15) is 11.7 Å². The van der Waals surface area contributed by atoms with Crippen LogP contribution in [0.2, 0.25) is 0 Å². The normalized spacial score (nSPS) is 12.3. The Morgan fingerprint density at radius 1 is 1.12 bits per heavy atom. The lowest BCUT2D eigenvalue weighted by atomic mass is 10.1. The number of aliphatic hydroxyl groups is 1. The molecule has 88 valence electrons. The molecule has 5 nitrogen and oxygen atoms in total. The van der Waals surface area contributed by atoms with E-state index in [1.807, 2.05) is 6.07 Å². The molecule has 0 radical (unpaired) electrons. The fourth-order valence-corrected chi connectivity index (χ4v) is 1.55. The number of H-pyrrole nitrogens is 1. The van der Waals surface area contributed by atoms with Gasteiger partial charge in [0.1, 0.15) is 0 Å². The van der Waals surface area contributed by atoms with Gasteiger partial charge < -0.3 is 5.11 Å². The van der Waals surface area contributed by atoms with Gasteiger partial charge in [0.25, 0.3) is 11.1 Å². The number of benzene rings is 1. The molecule has 2 aromatic rings. The van der Waals surface area contributed by atoms with Gasteiger partial charge in [-0.1, -0.05) is 30.3 Å². The van der Waals surface area contributed by atoms with E-state index in [2.05, 4.69) is 5.10 Å². The number of nitrogens with zero attached hydrogens (tertiary/aromatic N) is 1. The van der Waals surface area contributed by atoms with E-state index in [4.69, 9.17) is 0 Å². The van der Waals surface area contributed by atoms with Gasteiger partial charge in [0, 0.05) is 12.1 Å². The summed E-state index contributed by atoms with van der Waals surface area (Å²) in [6.07, 6.45) is -0.827. The van der Waals surface area contributed by atoms with Gasteiger partial charge in [-0.25, -0.2) is 4.68 Å². The summed E-state index contributed by atoms with van der Waals surface area (Å²) in [5.74, 6) is 0. The Bertz CT molecular complexity index is 601. The Balaban J connectivity index is 2.24. The zero-order valence-electron chi connectivity index (χ0n) is 9.04. The summed E-state index contributed by atoms with van der Waals surface area (Å²) in [5.41, 5.74) is -0.0199. The van der Waals surface area contributed by atoms with E-state index in [1.54, 1.807) is 24.3 Å². The Morgan fingerprint density at radius 3 is 2.53 bits per heavy atom. The summed E-state index contributed by atoms with van der Waals surface area (Å²) >= 11 is 0. The highest BCUT2D eigenvalue weighted by Gasteiger charge is 2.08. The van der Waals surface area contributed by atoms with Crippen molar-refractivity contribution in [3.05, 3.63) is 68.7 Å². The highest BCUT2D eigenvalue weighted by molar-refractivity contribution is 5.17. The fraction of sp³-hybridized carbons (Fsp3) is 0.167. The monoisotopic (exact) mass is 232 g/mol. The van der Waals surface area contributed by atoms with Crippen molar-refractivity contribution in [1.82, 2.24) is 9.78 Å². The summed E-state index contributed by atoms with van der Waals surface area (Å²) < 4.78 is 1.10. The molecule has 1 aromatic heterocycles. The van der Waals surface area contributed by atoms with Crippen molar-refractivity contribution >= 4 is 0 Å². The summed E-state index contributed by atoms with van der Waals surface area (Å²) in [7, 11) is 0. The fourth-order valence-electron chi connectivity index (χ4n) is 1.55. The Labute approximate surface area is 97.0 Å². The summed E-state index contributed by atoms with van der Waals surface area (Å²) in [5, 5.41) is 12.3. The van der Waals surface area contributed by atoms with E-state index in [0.29, 0.717) is 5.56 Å². The molecule has 0 spiro atoms. The van der Waals surface area contributed by atoms with Crippen LogP contribution in [0.15, 0.2) is 52.1 Å². The predicted molar refractivity (Wildman–Crippen MR) is 62.7 cm³/mol. The first-order valence-corrected chi connectivity index (χ1v) is 5.20. The molecule has 1 atom stereocenters. The lowest BCUT2D eigenvalue weighted by molar-refractivity contribution is 0.149. The van der Waals surface area contributed by atoms with Crippen LogP contribution in [0.4, 0.5) is 0 Å². The van der Waals surface area contributed by atoms with Crippen molar-refractivity contribution < 1.29 is 5.11 Å². The van der Waals surface area contributed by atoms with Crippen molar-refractivity contribution in [3.63, 3.8) is 0 Å². The average molecular weight is 232 g/mol. The number of hydrogen-bond donors (Lipinski definition) is 2. The largest absolute Gasteiger partial charge is 0.386 e. The molecular weight excluding hydrogens is 220 g/mol. The van der Waals surface area contributed by atoms with Crippen LogP contribution >= 0.6 is 0 Å². The molecule has 0 aliphatic carbocycles. The van der Waals surface area contributed by atoms with E-state index >= 15 is 0 Å². The SMILES string of the molecule is O=c1ccc(=O)n(CC(O)c2ccccc2)[nH]1. The number of aliphatic hydroxyl groups excluding tert-OH is 1. The molecule has 0 saturated heterocycles. The predicted octanol–water partition coefficient (Wildman–Crippen LogP) is 0.270. The van der Waals surface area contributed by atoms with Crippen LogP contribution in [0.25, 0.3) is 0 Å². The van der Waals surface area contributed by atoms with Crippen LogP contribution in [-0.4, -0.2) is 14.9 Å². The third-order valence-corrected chi connectivity index (χ3v) is 2.43. The second kappa shape index (κ2) is 4.80. The molecule has 0 saturated carbocycles. The molecule has 1 heterocycles. The van der Waals surface area contributed by atoms with Crippen molar-refractivity contribution in [2.45, 2.75) is 12.6 Å². The lowest BCUT2D eigenvalue weighted by Gasteiger charge is -2.12. The van der Waals surface area contributed by atoms with Gasteiger partial charge in [0.05, 0.1) is 12.6 Å². The molecule has 0 amide bonds. The topological polar surface area (TPSA) is 75.1 Å². The molecule has 0 fully saturated rings. The van der Waals surface area contributed by atoms with E-state index in [1.165, 1.54) is 6.07 Å². The number of aromatic nitrogens is 2. The molecule has 1 aromatic carbocycles. The molecule has 0 bridgehead atoms. The molecular formula is C12H12N2O3. The maximum Gasteiger partial charge on any atom is 0.265 e. The quantitative estimate of drug-likeness (QED) is 0.797. The molecule has 0 aliphatic heterocycles. The van der Waals surface area contributed by atoms with E-state index < -0.39 is 6.10 Å². The molecule has 1 unspecified atom stereocenters. The first kappa shape index (κ1) is 11.3. The van der Waals surface area contributed by atoms with Crippen molar-refractivity contribution in [1.29, 1.82) is 0 Å². The smallest absolute Gasteiger partial charge is 0.265 e. The highest BCUT2D eigenvalue weighted by Crippen LogP contribution is 2.12. The number of hydrogen-bond acceptors (Lipinski definition) is 3. The molecule has 5 heteroatoms. The Hall–Kier alpha value is -2.14. The first-order chi connectivity index (χ1) is 8.16. The molecule has 2 N–H and O–H groups in total. The van der Waals surface area contributed by atoms with Crippen molar-refractivity contribution in [2.75, 3.05) is 0 Å². The zero-order chi connectivity index (χ0) is 12.3. The van der Waals surface area contributed by atoms with Crippen molar-refractivity contribution in [2.24, 2.45) is 0 Å². The van der Waals surface area contributed by atoms with E-state index in [-0.39, 0.29) is 17.7 Å². The zero-order valence-corrected chi connectivity index (χ0v) is 9.04. The van der Waals surface area contributed by atoms with Gasteiger partial charge in [0.15, 0.2) is 0 Å². The second-order valence-corrected chi connectivity index (χ2v) is 3.68. The van der Waals surface area contributed by atoms with Crippen LogP contribution in [0, 0.1) is 0 Å². The Morgan fingerprint density at radius 2 is 1.82 bits per heavy atom. The van der Waals surface area contributed by atoms with Gasteiger partial charge in [-0.2, -0.15) is 0 Å². The maximum atomic E-state index is 11.4. The van der Waals surface area contributed by atoms with Crippen LogP contribution in [0.3, 0.4) is 0 Å². The third kappa shape index (κ3) is 2.70. The molecule has 17 heavy (non-hydrogen) atoms. The van der Waals surface area contributed by atoms with Gasteiger partial charge in [-0.15, -0.1) is 0 Å². The summed E-state index contributed by atoms with van der Waals surface area (Å²) in [6, 6.07) is 11.3. The third-order valence-electron chi connectivity index (χ3n) is 2.43. The summed E-state index contributed by atoms with van der Waals surface area (Å²) in [4.78, 5) is 22.5. The number of nitrogens with one attached hydrogen (secondary N) is 1. The Kier molecular flexibility index (Phi) is 3.20. The van der Waals surface area contributed by atoms with Crippen LogP contribution in [0.5, 0.6) is 0 Å². The van der Waals surface area contributed by atoms with Gasteiger partial charge in [-0.05, 0) is 5.56 Å². The minimum atomic E-state index is -0.827. The molecule has 0 aliphatic rings. The lowest BCUT2D eigenvalue weighted by Crippen LogP contribution is -2.30. The number of aromatic amines is 1. The maximum absolute atomic E-state index is 11.4. The average Bonchev–Trinajstić information content (AvgIpc) is 2.35. The summed E-state index contributed by atoms with van der Waals surface area (Å²) in [6.45, 7) is 0.0267. The van der Waals surface area contributed by atoms with Crippen LogP contribution in [-0.2, 0) is 6.54 Å². The van der Waals surface area contributed by atoms with E-state index in [9.17, 15) is 14.7 Å². The second-order valence-electron chi connectivity index (χ2n) is 3.68. The van der Waals surface area contributed by atoms with Gasteiger partial charge in [0.2, 0.25) is 0 Å². The van der Waals surface area contributed by atoms with Gasteiger partial charge >= 0.3 is 0 Å². The van der Waals surface area contributed by atoms with Crippen LogP contribution < -0.4 is 11.1 Å². The highest BCUT2D eigenvalue weighted by atomic mass is 16.3. The van der Waals surface area contributed by atoms with Crippen molar-refractivity contribution in [3.8, 4) is 0 Å².